The molecule has 4 aliphatic rings. The average Bonchev–Trinajstić information content (AvgIpc) is 3.32. The SMILES string of the molecule is C#C/C=C(\C=C/C)CN1CCC2(CC1)Cc1cnc(NC)nc1-c1ccccc12.C=O.C=O.Nc1ncc2c(n1)-c1ccccc1C1(CCN(S(=O)(=O)c3ccccc3F)CC1)C2. The maximum atomic E-state index is 14.2. The molecule has 2 aliphatic heterocycles. The summed E-state index contributed by atoms with van der Waals surface area (Å²) in [6, 6.07) is 22.4. The molecule has 4 heterocycles. The van der Waals surface area contributed by atoms with E-state index in [2.05, 4.69) is 73.6 Å². The van der Waals surface area contributed by atoms with Crippen molar-refractivity contribution in [2.24, 2.45) is 0 Å². The van der Waals surface area contributed by atoms with E-state index in [-0.39, 0.29) is 21.7 Å². The predicted molar refractivity (Wildman–Crippen MR) is 246 cm³/mol. The number of carbonyl (C=O) groups is 2. The number of aromatic nitrogens is 4. The number of hydrogen-bond donors (Lipinski definition) is 2. The number of nitrogens with zero attached hydrogens (tertiary/aromatic N) is 6. The lowest BCUT2D eigenvalue weighted by atomic mass is 9.64. The Bertz CT molecular complexity index is 2630. The van der Waals surface area contributed by atoms with E-state index >= 15 is 0 Å². The number of nitrogens with one attached hydrogen (secondary N) is 1. The van der Waals surface area contributed by atoms with E-state index in [1.807, 2.05) is 58.0 Å². The van der Waals surface area contributed by atoms with Gasteiger partial charge >= 0.3 is 0 Å². The topological polar surface area (TPSA) is 164 Å². The zero-order valence-corrected chi connectivity index (χ0v) is 36.6. The minimum Gasteiger partial charge on any atom is -0.368 e. The first-order valence-electron chi connectivity index (χ1n) is 20.8. The Balaban J connectivity index is 0.000000195. The Kier molecular flexibility index (Phi) is 14.8. The van der Waals surface area contributed by atoms with Crippen molar-refractivity contribution in [2.75, 3.05) is 50.8 Å². The summed E-state index contributed by atoms with van der Waals surface area (Å²) in [6.07, 6.45) is 20.6. The largest absolute Gasteiger partial charge is 0.368 e. The van der Waals surface area contributed by atoms with Gasteiger partial charge in [-0.15, -0.1) is 6.42 Å². The first-order chi connectivity index (χ1) is 30.6. The van der Waals surface area contributed by atoms with Gasteiger partial charge in [-0.25, -0.2) is 32.7 Å². The molecule has 2 aromatic heterocycles. The standard InChI is InChI=1S/C25H28N4.C22H21FN4O2S.2CH2O/c1-4-8-19(9-5-2)18-29-14-12-25(13-15-29)16-20-17-27-24(26-3)28-23(20)21-10-6-7-11-22(21)25;23-18-7-3-4-8-19(18)30(28,29)27-11-9-22(10-12-27)13-15-14-25-21(24)26-20(15)16-5-1-2-6-17(16)22;2*1-2/h1,5-11,17H,12-16,18H2,2-3H3,(H,26,27,28);1-8,14H,9-13H2,(H2,24,25,26);2*1H2/b9-5-,19-8+;;;. The van der Waals surface area contributed by atoms with E-state index in [0.29, 0.717) is 31.9 Å². The number of anilines is 2. The van der Waals surface area contributed by atoms with Crippen LogP contribution < -0.4 is 11.1 Å². The molecule has 63 heavy (non-hydrogen) atoms. The Hall–Kier alpha value is -6.40. The highest BCUT2D eigenvalue weighted by atomic mass is 32.2. The molecule has 14 heteroatoms. The first-order valence-corrected chi connectivity index (χ1v) is 22.2. The molecule has 0 unspecified atom stereocenters. The molecule has 0 bridgehead atoms. The minimum atomic E-state index is -3.87. The third-order valence-electron chi connectivity index (χ3n) is 12.5. The quantitative estimate of drug-likeness (QED) is 0.134. The summed E-state index contributed by atoms with van der Waals surface area (Å²) in [7, 11) is -2.01. The van der Waals surface area contributed by atoms with Crippen LogP contribution in [0.4, 0.5) is 16.3 Å². The highest BCUT2D eigenvalue weighted by Gasteiger charge is 2.45. The molecular formula is C49H53FN8O4S. The van der Waals surface area contributed by atoms with Gasteiger partial charge in [0.15, 0.2) is 0 Å². The van der Waals surface area contributed by atoms with E-state index in [0.717, 1.165) is 67.8 Å². The van der Waals surface area contributed by atoms with Gasteiger partial charge in [-0.2, -0.15) is 4.31 Å². The fraction of sp³-hybridized carbons (Fsp3) is 0.306. The van der Waals surface area contributed by atoms with Gasteiger partial charge in [0.2, 0.25) is 21.9 Å². The number of sulfonamides is 1. The number of fused-ring (bicyclic) bond motifs is 8. The third kappa shape index (κ3) is 9.37. The number of rotatable bonds is 6. The minimum absolute atomic E-state index is 0.168. The summed E-state index contributed by atoms with van der Waals surface area (Å²) in [5.41, 5.74) is 16.1. The Morgan fingerprint density at radius 3 is 1.90 bits per heavy atom. The Labute approximate surface area is 369 Å². The van der Waals surface area contributed by atoms with Gasteiger partial charge in [0.25, 0.3) is 0 Å². The number of nitrogen functional groups attached to an aromatic ring is 1. The summed E-state index contributed by atoms with van der Waals surface area (Å²) in [4.78, 5) is 36.1. The number of allylic oxidation sites excluding steroid dienone is 2. The average molecular weight is 869 g/mol. The number of piperidine rings is 2. The van der Waals surface area contributed by atoms with E-state index in [4.69, 9.17) is 26.7 Å². The van der Waals surface area contributed by atoms with Crippen LogP contribution in [0.3, 0.4) is 0 Å². The number of likely N-dealkylation sites (tertiary alicyclic amines) is 1. The molecule has 9 rings (SSSR count). The van der Waals surface area contributed by atoms with Gasteiger partial charge in [-0.3, -0.25) is 4.90 Å². The van der Waals surface area contributed by atoms with Crippen molar-refractivity contribution in [3.63, 3.8) is 0 Å². The third-order valence-corrected chi connectivity index (χ3v) is 14.5. The molecule has 12 nitrogen and oxygen atoms in total. The summed E-state index contributed by atoms with van der Waals surface area (Å²) in [6.45, 7) is 9.74. The molecule has 2 aliphatic carbocycles. The molecule has 0 saturated carbocycles. The van der Waals surface area contributed by atoms with Gasteiger partial charge in [-0.1, -0.05) is 78.7 Å². The lowest BCUT2D eigenvalue weighted by molar-refractivity contribution is -0.0987. The highest BCUT2D eigenvalue weighted by Crippen LogP contribution is 2.49. The summed E-state index contributed by atoms with van der Waals surface area (Å²) in [5, 5.41) is 3.07. The smallest absolute Gasteiger partial charge is 0.245 e. The van der Waals surface area contributed by atoms with Crippen LogP contribution in [-0.4, -0.2) is 90.9 Å². The van der Waals surface area contributed by atoms with Crippen molar-refractivity contribution in [2.45, 2.75) is 61.2 Å². The van der Waals surface area contributed by atoms with Crippen LogP contribution in [0.1, 0.15) is 54.9 Å². The van der Waals surface area contributed by atoms with Crippen molar-refractivity contribution in [1.82, 2.24) is 29.1 Å². The molecule has 0 atom stereocenters. The Morgan fingerprint density at radius 1 is 0.825 bits per heavy atom. The highest BCUT2D eigenvalue weighted by molar-refractivity contribution is 7.89. The number of hydrogen-bond acceptors (Lipinski definition) is 11. The molecular weight excluding hydrogens is 816 g/mol. The molecule has 0 amide bonds. The van der Waals surface area contributed by atoms with Crippen molar-refractivity contribution in [1.29, 1.82) is 0 Å². The predicted octanol–water partition coefficient (Wildman–Crippen LogP) is 6.98. The van der Waals surface area contributed by atoms with Crippen molar-refractivity contribution >= 4 is 35.5 Å². The maximum Gasteiger partial charge on any atom is 0.245 e. The van der Waals surface area contributed by atoms with E-state index in [9.17, 15) is 12.8 Å². The number of benzene rings is 3. The molecule has 3 aromatic carbocycles. The van der Waals surface area contributed by atoms with Gasteiger partial charge in [0.1, 0.15) is 24.3 Å². The van der Waals surface area contributed by atoms with Crippen molar-refractivity contribution in [3.8, 4) is 34.9 Å². The van der Waals surface area contributed by atoms with E-state index in [1.54, 1.807) is 12.3 Å². The summed E-state index contributed by atoms with van der Waals surface area (Å²) in [5.74, 6) is 2.88. The normalized spacial score (nSPS) is 17.1. The van der Waals surface area contributed by atoms with Crippen LogP contribution in [-0.2, 0) is 43.3 Å². The van der Waals surface area contributed by atoms with Crippen LogP contribution in [0.2, 0.25) is 0 Å². The number of nitrogens with two attached hydrogens (primary N) is 1. The monoisotopic (exact) mass is 868 g/mol. The molecule has 2 spiro atoms. The van der Waals surface area contributed by atoms with Crippen LogP contribution in [0, 0.1) is 18.2 Å². The van der Waals surface area contributed by atoms with Gasteiger partial charge in [0.05, 0.1) is 11.4 Å². The molecule has 0 radical (unpaired) electrons. The fourth-order valence-corrected chi connectivity index (χ4v) is 11.1. The molecule has 3 N–H and O–H groups in total. The lowest BCUT2D eigenvalue weighted by Gasteiger charge is -2.45. The summed E-state index contributed by atoms with van der Waals surface area (Å²) >= 11 is 0. The fourth-order valence-electron chi connectivity index (χ4n) is 9.60. The van der Waals surface area contributed by atoms with E-state index < -0.39 is 15.8 Å². The van der Waals surface area contributed by atoms with Gasteiger partial charge in [0, 0.05) is 61.0 Å². The Morgan fingerprint density at radius 2 is 1.35 bits per heavy atom. The zero-order chi connectivity index (χ0) is 45.2. The number of carbonyl (C=O) groups excluding carboxylic acids is 2. The van der Waals surface area contributed by atoms with Crippen LogP contribution in [0.15, 0.2) is 114 Å². The molecule has 2 saturated heterocycles. The zero-order valence-electron chi connectivity index (χ0n) is 35.8. The van der Waals surface area contributed by atoms with Crippen molar-refractivity contribution in [3.05, 3.63) is 137 Å². The van der Waals surface area contributed by atoms with Gasteiger partial charge < -0.3 is 20.6 Å². The van der Waals surface area contributed by atoms with Crippen LogP contribution in [0.25, 0.3) is 22.5 Å². The second-order valence-corrected chi connectivity index (χ2v) is 17.8. The molecule has 5 aromatic rings. The number of terminal acetylenes is 1. The van der Waals surface area contributed by atoms with Crippen molar-refractivity contribution < 1.29 is 22.4 Å². The maximum absolute atomic E-state index is 14.2. The lowest BCUT2D eigenvalue weighted by Crippen LogP contribution is -2.47. The molecule has 2 fully saturated rings. The van der Waals surface area contributed by atoms with Crippen LogP contribution in [0.5, 0.6) is 0 Å². The first kappa shape index (κ1) is 46.1. The summed E-state index contributed by atoms with van der Waals surface area (Å²) < 4.78 is 41.6. The van der Waals surface area contributed by atoms with Gasteiger partial charge in [-0.05, 0) is 105 Å². The van der Waals surface area contributed by atoms with Crippen LogP contribution >= 0.6 is 0 Å². The number of halogens is 1. The second-order valence-electron chi connectivity index (χ2n) is 15.9. The second kappa shape index (κ2) is 20.2. The molecule has 326 valence electrons. The van der Waals surface area contributed by atoms with E-state index in [1.165, 1.54) is 50.3 Å².